The summed E-state index contributed by atoms with van der Waals surface area (Å²) in [6.45, 7) is 3.59. The van der Waals surface area contributed by atoms with Crippen molar-refractivity contribution in [3.63, 3.8) is 0 Å². The first-order valence-corrected chi connectivity index (χ1v) is 5.62. The summed E-state index contributed by atoms with van der Waals surface area (Å²) in [5, 5.41) is 20.3. The Morgan fingerprint density at radius 3 is 2.78 bits per heavy atom. The molecule has 0 aromatic carbocycles. The predicted octanol–water partition coefficient (Wildman–Crippen LogP) is -0.244. The van der Waals surface area contributed by atoms with Gasteiger partial charge in [-0.15, -0.1) is 0 Å². The van der Waals surface area contributed by atoms with Crippen LogP contribution in [-0.4, -0.2) is 44.9 Å². The molecule has 2 atom stereocenters. The molecule has 100 valence electrons. The van der Waals surface area contributed by atoms with E-state index in [2.05, 4.69) is 25.8 Å². The third kappa shape index (κ3) is 4.40. The zero-order chi connectivity index (χ0) is 13.5. The number of nitrogens with zero attached hydrogens (tertiary/aromatic N) is 2. The van der Waals surface area contributed by atoms with Crippen molar-refractivity contribution < 1.29 is 14.7 Å². The lowest BCUT2D eigenvalue weighted by Gasteiger charge is -2.17. The number of aromatic amines is 1. The van der Waals surface area contributed by atoms with Gasteiger partial charge >= 0.3 is 12.0 Å². The first kappa shape index (κ1) is 13.9. The largest absolute Gasteiger partial charge is 0.481 e. The number of urea groups is 1. The van der Waals surface area contributed by atoms with E-state index < -0.39 is 24.0 Å². The van der Waals surface area contributed by atoms with Gasteiger partial charge in [-0.25, -0.2) is 9.78 Å². The molecule has 18 heavy (non-hydrogen) atoms. The second-order valence-electron chi connectivity index (χ2n) is 4.00. The fourth-order valence-corrected chi connectivity index (χ4v) is 1.24. The lowest BCUT2D eigenvalue weighted by Crippen LogP contribution is -2.45. The molecule has 0 spiro atoms. The monoisotopic (exact) mass is 255 g/mol. The van der Waals surface area contributed by atoms with E-state index in [1.807, 2.05) is 0 Å². The number of amides is 2. The minimum Gasteiger partial charge on any atom is -0.481 e. The number of hydrogen-bond acceptors (Lipinski definition) is 4. The molecule has 0 saturated carbocycles. The van der Waals surface area contributed by atoms with Crippen LogP contribution in [0.15, 0.2) is 6.33 Å². The van der Waals surface area contributed by atoms with Crippen LogP contribution in [0.2, 0.25) is 0 Å². The maximum absolute atomic E-state index is 11.4. The molecular formula is C10H17N5O3. The minimum atomic E-state index is -0.940. The number of rotatable bonds is 6. The van der Waals surface area contributed by atoms with Crippen molar-refractivity contribution in [1.82, 2.24) is 25.8 Å². The van der Waals surface area contributed by atoms with E-state index >= 15 is 0 Å². The van der Waals surface area contributed by atoms with Crippen molar-refractivity contribution in [3.8, 4) is 0 Å². The molecule has 0 aliphatic carbocycles. The molecular weight excluding hydrogens is 238 g/mol. The smallest absolute Gasteiger partial charge is 0.315 e. The number of hydrogen-bond donors (Lipinski definition) is 4. The van der Waals surface area contributed by atoms with Gasteiger partial charge in [-0.2, -0.15) is 5.10 Å². The minimum absolute atomic E-state index is 0.393. The van der Waals surface area contributed by atoms with Crippen LogP contribution >= 0.6 is 0 Å². The highest BCUT2D eigenvalue weighted by atomic mass is 16.4. The van der Waals surface area contributed by atoms with Crippen molar-refractivity contribution in [2.24, 2.45) is 5.92 Å². The van der Waals surface area contributed by atoms with Crippen LogP contribution in [0.5, 0.6) is 0 Å². The van der Waals surface area contributed by atoms with Crippen LogP contribution < -0.4 is 10.6 Å². The Morgan fingerprint density at radius 2 is 2.22 bits per heavy atom. The van der Waals surface area contributed by atoms with Gasteiger partial charge < -0.3 is 15.7 Å². The van der Waals surface area contributed by atoms with Gasteiger partial charge in [0, 0.05) is 19.0 Å². The van der Waals surface area contributed by atoms with Crippen molar-refractivity contribution in [1.29, 1.82) is 0 Å². The van der Waals surface area contributed by atoms with Gasteiger partial charge in [-0.05, 0) is 13.8 Å². The van der Waals surface area contributed by atoms with Gasteiger partial charge in [0.25, 0.3) is 0 Å². The zero-order valence-electron chi connectivity index (χ0n) is 10.3. The molecule has 1 heterocycles. The maximum Gasteiger partial charge on any atom is 0.315 e. The Bertz CT molecular complexity index is 392. The Kier molecular flexibility index (Phi) is 5.09. The number of aliphatic carboxylic acids is 1. The topological polar surface area (TPSA) is 120 Å². The van der Waals surface area contributed by atoms with Crippen LogP contribution in [-0.2, 0) is 11.2 Å². The Labute approximate surface area is 104 Å². The molecule has 0 bridgehead atoms. The van der Waals surface area contributed by atoms with Crippen LogP contribution in [0.1, 0.15) is 19.7 Å². The zero-order valence-corrected chi connectivity index (χ0v) is 10.3. The molecule has 1 rings (SSSR count). The van der Waals surface area contributed by atoms with E-state index in [0.29, 0.717) is 18.8 Å². The van der Waals surface area contributed by atoms with Gasteiger partial charge in [0.15, 0.2) is 0 Å². The highest BCUT2D eigenvalue weighted by molar-refractivity contribution is 5.76. The van der Waals surface area contributed by atoms with Gasteiger partial charge in [0.2, 0.25) is 0 Å². The summed E-state index contributed by atoms with van der Waals surface area (Å²) >= 11 is 0. The first-order valence-electron chi connectivity index (χ1n) is 5.62. The molecule has 1 aromatic heterocycles. The first-order chi connectivity index (χ1) is 8.50. The molecule has 1 aromatic rings. The van der Waals surface area contributed by atoms with Crippen molar-refractivity contribution in [2.45, 2.75) is 26.3 Å². The average molecular weight is 255 g/mol. The van der Waals surface area contributed by atoms with Crippen LogP contribution in [0.4, 0.5) is 4.79 Å². The van der Waals surface area contributed by atoms with E-state index in [1.54, 1.807) is 13.8 Å². The van der Waals surface area contributed by atoms with Crippen molar-refractivity contribution in [3.05, 3.63) is 12.2 Å². The Balaban J connectivity index is 2.23. The second-order valence-corrected chi connectivity index (χ2v) is 4.00. The number of carbonyl (C=O) groups is 2. The van der Waals surface area contributed by atoms with Crippen molar-refractivity contribution >= 4 is 12.0 Å². The number of carbonyl (C=O) groups excluding carboxylic acids is 1. The third-order valence-corrected chi connectivity index (χ3v) is 2.61. The molecule has 8 heteroatoms. The Hall–Kier alpha value is -2.12. The molecule has 0 saturated heterocycles. The van der Waals surface area contributed by atoms with Crippen LogP contribution in [0.3, 0.4) is 0 Å². The molecule has 2 unspecified atom stereocenters. The number of nitrogens with one attached hydrogen (secondary N) is 3. The summed E-state index contributed by atoms with van der Waals surface area (Å²) in [6, 6.07) is -0.831. The number of carboxylic acids is 1. The summed E-state index contributed by atoms with van der Waals surface area (Å²) < 4.78 is 0. The predicted molar refractivity (Wildman–Crippen MR) is 62.9 cm³/mol. The standard InChI is InChI=1S/C10H17N5O3/c1-6(9(16)17)7(2)14-10(18)11-4-3-8-12-5-13-15-8/h5-7H,3-4H2,1-2H3,(H,16,17)(H2,11,14,18)(H,12,13,15). The average Bonchev–Trinajstić information content (AvgIpc) is 2.80. The van der Waals surface area contributed by atoms with Gasteiger partial charge in [-0.1, -0.05) is 0 Å². The molecule has 0 aliphatic heterocycles. The molecule has 0 aliphatic rings. The Morgan fingerprint density at radius 1 is 1.50 bits per heavy atom. The summed E-state index contributed by atoms with van der Waals surface area (Å²) in [5.41, 5.74) is 0. The summed E-state index contributed by atoms with van der Waals surface area (Å²) in [5.74, 6) is -0.892. The third-order valence-electron chi connectivity index (χ3n) is 2.61. The van der Waals surface area contributed by atoms with Crippen LogP contribution in [0.25, 0.3) is 0 Å². The SMILES string of the molecule is CC(NC(=O)NCCc1ncn[nH]1)C(C)C(=O)O. The number of H-pyrrole nitrogens is 1. The number of carboxylic acid groups (broad SMARTS) is 1. The maximum atomic E-state index is 11.4. The molecule has 4 N–H and O–H groups in total. The van der Waals surface area contributed by atoms with E-state index in [0.717, 1.165) is 0 Å². The van der Waals surface area contributed by atoms with E-state index in [4.69, 9.17) is 5.11 Å². The van der Waals surface area contributed by atoms with E-state index in [-0.39, 0.29) is 0 Å². The fraction of sp³-hybridized carbons (Fsp3) is 0.600. The van der Waals surface area contributed by atoms with Gasteiger partial charge in [-0.3, -0.25) is 9.89 Å². The van der Waals surface area contributed by atoms with Crippen LogP contribution in [0, 0.1) is 5.92 Å². The normalized spacial score (nSPS) is 13.7. The fourth-order valence-electron chi connectivity index (χ4n) is 1.24. The lowest BCUT2D eigenvalue weighted by atomic mass is 10.0. The highest BCUT2D eigenvalue weighted by Crippen LogP contribution is 2.01. The number of aromatic nitrogens is 3. The molecule has 0 fully saturated rings. The lowest BCUT2D eigenvalue weighted by molar-refractivity contribution is -0.141. The van der Waals surface area contributed by atoms with E-state index in [1.165, 1.54) is 6.33 Å². The quantitative estimate of drug-likeness (QED) is 0.559. The van der Waals surface area contributed by atoms with Gasteiger partial charge in [0.05, 0.1) is 5.92 Å². The second kappa shape index (κ2) is 6.58. The van der Waals surface area contributed by atoms with E-state index in [9.17, 15) is 9.59 Å². The van der Waals surface area contributed by atoms with Crippen molar-refractivity contribution in [2.75, 3.05) is 6.54 Å². The highest BCUT2D eigenvalue weighted by Gasteiger charge is 2.20. The van der Waals surface area contributed by atoms with Gasteiger partial charge in [0.1, 0.15) is 12.2 Å². The molecule has 2 amide bonds. The molecule has 8 nitrogen and oxygen atoms in total. The summed E-state index contributed by atoms with van der Waals surface area (Å²) in [6.07, 6.45) is 1.93. The summed E-state index contributed by atoms with van der Waals surface area (Å²) in [4.78, 5) is 26.1. The summed E-state index contributed by atoms with van der Waals surface area (Å²) in [7, 11) is 0. The molecule has 0 radical (unpaired) electrons.